The van der Waals surface area contributed by atoms with Crippen LogP contribution in [0.15, 0.2) is 28.7 Å². The zero-order chi connectivity index (χ0) is 15.2. The van der Waals surface area contributed by atoms with Crippen molar-refractivity contribution < 1.29 is 0 Å². The number of nitrogens with one attached hydrogen (secondary N) is 1. The average Bonchev–Trinajstić information content (AvgIpc) is 2.43. The highest BCUT2D eigenvalue weighted by atomic mass is 79.9. The monoisotopic (exact) mass is 352 g/mol. The fourth-order valence-corrected chi connectivity index (χ4v) is 3.50. The minimum atomic E-state index is 0.549. The van der Waals surface area contributed by atoms with E-state index in [1.54, 1.807) is 0 Å². The molecule has 0 spiro atoms. The third-order valence-electron chi connectivity index (χ3n) is 4.19. The maximum absolute atomic E-state index is 3.82. The van der Waals surface area contributed by atoms with Crippen LogP contribution in [0.25, 0.3) is 0 Å². The van der Waals surface area contributed by atoms with E-state index < -0.39 is 0 Å². The number of nitrogens with zero attached hydrogens (tertiary/aromatic N) is 1. The van der Waals surface area contributed by atoms with Crippen molar-refractivity contribution in [1.82, 2.24) is 10.2 Å². The lowest BCUT2D eigenvalue weighted by Crippen LogP contribution is -2.46. The van der Waals surface area contributed by atoms with Crippen LogP contribution in [0, 0.1) is 5.92 Å². The topological polar surface area (TPSA) is 15.3 Å². The molecule has 1 aliphatic heterocycles. The highest BCUT2D eigenvalue weighted by Gasteiger charge is 2.20. The van der Waals surface area contributed by atoms with E-state index in [9.17, 15) is 0 Å². The molecule has 0 aromatic heterocycles. The summed E-state index contributed by atoms with van der Waals surface area (Å²) in [5.74, 6) is 0.783. The van der Waals surface area contributed by atoms with Crippen LogP contribution in [0.4, 0.5) is 0 Å². The Bertz CT molecular complexity index is 408. The van der Waals surface area contributed by atoms with Crippen LogP contribution in [0.3, 0.4) is 0 Å². The van der Waals surface area contributed by atoms with Crippen molar-refractivity contribution in [2.75, 3.05) is 19.6 Å². The molecule has 21 heavy (non-hydrogen) atoms. The van der Waals surface area contributed by atoms with E-state index in [0.717, 1.165) is 16.8 Å². The van der Waals surface area contributed by atoms with Gasteiger partial charge in [-0.15, -0.1) is 0 Å². The Labute approximate surface area is 138 Å². The lowest BCUT2D eigenvalue weighted by Gasteiger charge is -2.34. The van der Waals surface area contributed by atoms with Crippen LogP contribution < -0.4 is 5.32 Å². The minimum Gasteiger partial charge on any atom is -0.311 e. The van der Waals surface area contributed by atoms with Gasteiger partial charge in [0.05, 0.1) is 0 Å². The van der Waals surface area contributed by atoms with Gasteiger partial charge >= 0.3 is 0 Å². The number of rotatable bonds is 6. The van der Waals surface area contributed by atoms with E-state index in [1.807, 2.05) is 0 Å². The van der Waals surface area contributed by atoms with Crippen LogP contribution in [0.5, 0.6) is 0 Å². The van der Waals surface area contributed by atoms with E-state index in [1.165, 1.54) is 38.0 Å². The summed E-state index contributed by atoms with van der Waals surface area (Å²) in [5.41, 5.74) is 1.41. The Hall–Kier alpha value is -0.380. The summed E-state index contributed by atoms with van der Waals surface area (Å²) in [7, 11) is 0. The van der Waals surface area contributed by atoms with Crippen LogP contribution in [-0.2, 0) is 6.42 Å². The van der Waals surface area contributed by atoms with Gasteiger partial charge in [0.25, 0.3) is 0 Å². The van der Waals surface area contributed by atoms with E-state index >= 15 is 0 Å². The molecule has 1 aliphatic rings. The van der Waals surface area contributed by atoms with Crippen molar-refractivity contribution in [2.45, 2.75) is 52.1 Å². The Morgan fingerprint density at radius 1 is 1.14 bits per heavy atom. The molecule has 3 heteroatoms. The van der Waals surface area contributed by atoms with Gasteiger partial charge in [0.2, 0.25) is 0 Å². The maximum atomic E-state index is 3.82. The first-order chi connectivity index (χ1) is 10.0. The van der Waals surface area contributed by atoms with E-state index in [-0.39, 0.29) is 0 Å². The molecule has 1 heterocycles. The molecule has 1 aromatic rings. The quantitative estimate of drug-likeness (QED) is 0.829. The summed E-state index contributed by atoms with van der Waals surface area (Å²) in [6.07, 6.45) is 3.69. The van der Waals surface area contributed by atoms with Crippen LogP contribution in [0.1, 0.15) is 39.2 Å². The second-order valence-electron chi connectivity index (χ2n) is 6.87. The Morgan fingerprint density at radius 2 is 1.76 bits per heavy atom. The van der Waals surface area contributed by atoms with E-state index in [0.29, 0.717) is 12.1 Å². The van der Waals surface area contributed by atoms with Gasteiger partial charge in [-0.2, -0.15) is 0 Å². The van der Waals surface area contributed by atoms with Crippen LogP contribution >= 0.6 is 15.9 Å². The molecule has 0 bridgehead atoms. The molecule has 0 radical (unpaired) electrons. The highest BCUT2D eigenvalue weighted by Crippen LogP contribution is 2.15. The van der Waals surface area contributed by atoms with Gasteiger partial charge in [0.15, 0.2) is 0 Å². The molecule has 118 valence electrons. The van der Waals surface area contributed by atoms with Crippen molar-refractivity contribution in [1.29, 1.82) is 0 Å². The SMILES string of the molecule is CC(C)CN1CCC(NC(C)Cc2ccc(Br)cc2)CC1. The molecule has 0 saturated carbocycles. The average molecular weight is 353 g/mol. The summed E-state index contributed by atoms with van der Waals surface area (Å²) in [4.78, 5) is 2.61. The fourth-order valence-electron chi connectivity index (χ4n) is 3.23. The molecule has 2 nitrogen and oxygen atoms in total. The number of hydrogen-bond acceptors (Lipinski definition) is 2. The van der Waals surface area contributed by atoms with Gasteiger partial charge in [0, 0.05) is 23.1 Å². The second-order valence-corrected chi connectivity index (χ2v) is 7.78. The number of hydrogen-bond donors (Lipinski definition) is 1. The van der Waals surface area contributed by atoms with Gasteiger partial charge < -0.3 is 10.2 Å². The van der Waals surface area contributed by atoms with E-state index in [2.05, 4.69) is 71.2 Å². The summed E-state index contributed by atoms with van der Waals surface area (Å²) in [6.45, 7) is 10.7. The van der Waals surface area contributed by atoms with Gasteiger partial charge in [-0.1, -0.05) is 41.9 Å². The Morgan fingerprint density at radius 3 is 2.33 bits per heavy atom. The van der Waals surface area contributed by atoms with Gasteiger partial charge in [-0.25, -0.2) is 0 Å². The summed E-state index contributed by atoms with van der Waals surface area (Å²) >= 11 is 3.49. The molecule has 2 rings (SSSR count). The van der Waals surface area contributed by atoms with Crippen molar-refractivity contribution in [3.05, 3.63) is 34.3 Å². The predicted octanol–water partition coefficient (Wildman–Crippen LogP) is 4.09. The summed E-state index contributed by atoms with van der Waals surface area (Å²) in [6, 6.07) is 9.94. The standard InChI is InChI=1S/C18H29BrN2/c1-14(2)13-21-10-8-18(9-11-21)20-15(3)12-16-4-6-17(19)7-5-16/h4-7,14-15,18,20H,8-13H2,1-3H3. The van der Waals surface area contributed by atoms with Crippen LogP contribution in [-0.4, -0.2) is 36.6 Å². The highest BCUT2D eigenvalue weighted by molar-refractivity contribution is 9.10. The molecule has 0 amide bonds. The molecular weight excluding hydrogens is 324 g/mol. The lowest BCUT2D eigenvalue weighted by atomic mass is 10.0. The second kappa shape index (κ2) is 8.30. The Balaban J connectivity index is 1.71. The smallest absolute Gasteiger partial charge is 0.0175 e. The van der Waals surface area contributed by atoms with E-state index in [4.69, 9.17) is 0 Å². The molecule has 1 N–H and O–H groups in total. The zero-order valence-electron chi connectivity index (χ0n) is 13.6. The predicted molar refractivity (Wildman–Crippen MR) is 94.7 cm³/mol. The van der Waals surface area contributed by atoms with Crippen molar-refractivity contribution in [2.24, 2.45) is 5.92 Å². The third-order valence-corrected chi connectivity index (χ3v) is 4.71. The van der Waals surface area contributed by atoms with Gasteiger partial charge in [-0.3, -0.25) is 0 Å². The fraction of sp³-hybridized carbons (Fsp3) is 0.667. The molecular formula is C18H29BrN2. The summed E-state index contributed by atoms with van der Waals surface area (Å²) < 4.78 is 1.16. The van der Waals surface area contributed by atoms with Gasteiger partial charge in [-0.05, 0) is 62.9 Å². The number of likely N-dealkylation sites (tertiary alicyclic amines) is 1. The Kier molecular flexibility index (Phi) is 6.72. The number of benzene rings is 1. The molecule has 1 unspecified atom stereocenters. The van der Waals surface area contributed by atoms with Gasteiger partial charge in [0.1, 0.15) is 0 Å². The first-order valence-electron chi connectivity index (χ1n) is 8.25. The molecule has 1 atom stereocenters. The molecule has 1 saturated heterocycles. The first kappa shape index (κ1) is 17.0. The largest absolute Gasteiger partial charge is 0.311 e. The lowest BCUT2D eigenvalue weighted by molar-refractivity contribution is 0.175. The number of halogens is 1. The minimum absolute atomic E-state index is 0.549. The zero-order valence-corrected chi connectivity index (χ0v) is 15.2. The normalized spacial score (nSPS) is 19.1. The van der Waals surface area contributed by atoms with Crippen molar-refractivity contribution in [3.8, 4) is 0 Å². The maximum Gasteiger partial charge on any atom is 0.0175 e. The molecule has 1 fully saturated rings. The van der Waals surface area contributed by atoms with Crippen molar-refractivity contribution >= 4 is 15.9 Å². The first-order valence-corrected chi connectivity index (χ1v) is 9.05. The number of piperidine rings is 1. The molecule has 1 aromatic carbocycles. The van der Waals surface area contributed by atoms with Crippen molar-refractivity contribution in [3.63, 3.8) is 0 Å². The van der Waals surface area contributed by atoms with Crippen LogP contribution in [0.2, 0.25) is 0 Å². The third kappa shape index (κ3) is 6.09. The molecule has 0 aliphatic carbocycles. The summed E-state index contributed by atoms with van der Waals surface area (Å²) in [5, 5.41) is 3.82.